The quantitative estimate of drug-likeness (QED) is 0.799. The highest BCUT2D eigenvalue weighted by Gasteiger charge is 2.26. The summed E-state index contributed by atoms with van der Waals surface area (Å²) in [6.07, 6.45) is 2.01. The van der Waals surface area contributed by atoms with Crippen molar-refractivity contribution >= 4 is 18.3 Å². The highest BCUT2D eigenvalue weighted by atomic mass is 35.5. The van der Waals surface area contributed by atoms with Crippen molar-refractivity contribution in [1.82, 2.24) is 10.2 Å². The molecule has 1 N–H and O–H groups in total. The first kappa shape index (κ1) is 20.3. The minimum Gasteiger partial charge on any atom is -0.489 e. The third-order valence-corrected chi connectivity index (χ3v) is 4.55. The molecule has 1 fully saturated rings. The van der Waals surface area contributed by atoms with Crippen LogP contribution in [0.4, 0.5) is 0 Å². The molecule has 0 spiro atoms. The molecule has 1 saturated heterocycles. The van der Waals surface area contributed by atoms with Crippen LogP contribution in [0.5, 0.6) is 5.75 Å². The molecule has 4 nitrogen and oxygen atoms in total. The minimum atomic E-state index is 0. The lowest BCUT2D eigenvalue weighted by atomic mass is 10.1. The molecule has 0 bridgehead atoms. The van der Waals surface area contributed by atoms with Crippen LogP contribution >= 0.6 is 12.4 Å². The third kappa shape index (κ3) is 5.23. The van der Waals surface area contributed by atoms with Gasteiger partial charge < -0.3 is 15.0 Å². The number of nitrogens with zero attached hydrogens (tertiary/aromatic N) is 1. The van der Waals surface area contributed by atoms with Gasteiger partial charge >= 0.3 is 0 Å². The first-order chi connectivity index (χ1) is 12.3. The van der Waals surface area contributed by atoms with Crippen LogP contribution in [0.1, 0.15) is 35.7 Å². The number of carbonyl (C=O) groups is 1. The van der Waals surface area contributed by atoms with Gasteiger partial charge in [-0.15, -0.1) is 12.4 Å². The molecule has 1 atom stereocenters. The van der Waals surface area contributed by atoms with Crippen LogP contribution in [-0.2, 0) is 6.61 Å². The first-order valence-electron chi connectivity index (χ1n) is 9.06. The molecule has 3 rings (SSSR count). The third-order valence-electron chi connectivity index (χ3n) is 4.55. The number of carbonyl (C=O) groups excluding carboxylic acids is 1. The summed E-state index contributed by atoms with van der Waals surface area (Å²) in [6.45, 7) is 5.32. The Bertz CT molecular complexity index is 670. The standard InChI is InChI=1S/C21H26N2O2.ClH/c1-2-14-23(19-12-13-22-15-19)21(24)18-10-8-17(9-11-18)16-25-20-6-4-3-5-7-20;/h3-11,19,22H,2,12-16H2,1H3;1H. The fourth-order valence-corrected chi connectivity index (χ4v) is 3.19. The Kier molecular flexibility index (Phi) is 7.95. The molecule has 140 valence electrons. The molecule has 1 unspecified atom stereocenters. The Labute approximate surface area is 162 Å². The number of ether oxygens (including phenoxy) is 1. The van der Waals surface area contributed by atoms with Gasteiger partial charge in [0.25, 0.3) is 5.91 Å². The largest absolute Gasteiger partial charge is 0.489 e. The smallest absolute Gasteiger partial charge is 0.254 e. The van der Waals surface area contributed by atoms with E-state index in [2.05, 4.69) is 12.2 Å². The minimum absolute atomic E-state index is 0. The van der Waals surface area contributed by atoms with Gasteiger partial charge in [0.2, 0.25) is 0 Å². The van der Waals surface area contributed by atoms with Gasteiger partial charge in [-0.25, -0.2) is 0 Å². The lowest BCUT2D eigenvalue weighted by molar-refractivity contribution is 0.0692. The summed E-state index contributed by atoms with van der Waals surface area (Å²) in [5.74, 6) is 0.983. The van der Waals surface area contributed by atoms with Gasteiger partial charge in [-0.1, -0.05) is 37.3 Å². The zero-order valence-corrected chi connectivity index (χ0v) is 16.0. The average Bonchev–Trinajstić information content (AvgIpc) is 3.19. The number of rotatable bonds is 7. The van der Waals surface area contributed by atoms with Crippen LogP contribution in [0, 0.1) is 0 Å². The van der Waals surface area contributed by atoms with Crippen molar-refractivity contribution in [1.29, 1.82) is 0 Å². The summed E-state index contributed by atoms with van der Waals surface area (Å²) in [6, 6.07) is 17.9. The number of benzene rings is 2. The second-order valence-electron chi connectivity index (χ2n) is 6.44. The predicted molar refractivity (Wildman–Crippen MR) is 107 cm³/mol. The molecule has 1 amide bonds. The molecule has 0 saturated carbocycles. The number of para-hydroxylation sites is 1. The van der Waals surface area contributed by atoms with E-state index in [1.807, 2.05) is 59.5 Å². The zero-order chi connectivity index (χ0) is 17.5. The fraction of sp³-hybridized carbons (Fsp3) is 0.381. The molecule has 2 aromatic rings. The second-order valence-corrected chi connectivity index (χ2v) is 6.44. The van der Waals surface area contributed by atoms with Crippen LogP contribution in [0.3, 0.4) is 0 Å². The van der Waals surface area contributed by atoms with Gasteiger partial charge in [-0.2, -0.15) is 0 Å². The first-order valence-corrected chi connectivity index (χ1v) is 9.06. The van der Waals surface area contributed by atoms with Crippen molar-refractivity contribution in [3.05, 3.63) is 65.7 Å². The molecule has 26 heavy (non-hydrogen) atoms. The number of nitrogens with one attached hydrogen (secondary N) is 1. The van der Waals surface area contributed by atoms with E-state index in [0.29, 0.717) is 12.6 Å². The summed E-state index contributed by atoms with van der Waals surface area (Å²) in [7, 11) is 0. The maximum Gasteiger partial charge on any atom is 0.254 e. The molecule has 0 radical (unpaired) electrons. The monoisotopic (exact) mass is 374 g/mol. The highest BCUT2D eigenvalue weighted by Crippen LogP contribution is 2.16. The summed E-state index contributed by atoms with van der Waals surface area (Å²) < 4.78 is 5.76. The zero-order valence-electron chi connectivity index (χ0n) is 15.2. The van der Waals surface area contributed by atoms with E-state index >= 15 is 0 Å². The van der Waals surface area contributed by atoms with E-state index in [1.54, 1.807) is 0 Å². The molecule has 2 aromatic carbocycles. The lowest BCUT2D eigenvalue weighted by Gasteiger charge is -2.28. The van der Waals surface area contributed by atoms with Crippen LogP contribution in [0.25, 0.3) is 0 Å². The van der Waals surface area contributed by atoms with E-state index in [-0.39, 0.29) is 18.3 Å². The maximum atomic E-state index is 12.9. The number of amides is 1. The molecule has 0 aliphatic carbocycles. The Balaban J connectivity index is 0.00000243. The summed E-state index contributed by atoms with van der Waals surface area (Å²) in [5.41, 5.74) is 1.81. The fourth-order valence-electron chi connectivity index (χ4n) is 3.19. The van der Waals surface area contributed by atoms with Gasteiger partial charge in [-0.3, -0.25) is 4.79 Å². The summed E-state index contributed by atoms with van der Waals surface area (Å²) in [5, 5.41) is 3.35. The Morgan fingerprint density at radius 3 is 2.50 bits per heavy atom. The summed E-state index contributed by atoms with van der Waals surface area (Å²) in [4.78, 5) is 14.9. The number of halogens is 1. The van der Waals surface area contributed by atoms with Crippen molar-refractivity contribution in [2.45, 2.75) is 32.4 Å². The van der Waals surface area contributed by atoms with E-state index in [9.17, 15) is 4.79 Å². The number of hydrogen-bond acceptors (Lipinski definition) is 3. The highest BCUT2D eigenvalue weighted by molar-refractivity contribution is 5.94. The number of hydrogen-bond donors (Lipinski definition) is 1. The molecular formula is C21H27ClN2O2. The molecule has 5 heteroatoms. The SMILES string of the molecule is CCCN(C(=O)c1ccc(COc2ccccc2)cc1)C1CCNC1.Cl. The average molecular weight is 375 g/mol. The van der Waals surface area contributed by atoms with Crippen molar-refractivity contribution in [3.63, 3.8) is 0 Å². The van der Waals surface area contributed by atoms with E-state index < -0.39 is 0 Å². The Morgan fingerprint density at radius 2 is 1.88 bits per heavy atom. The molecule has 1 aliphatic heterocycles. The topological polar surface area (TPSA) is 41.6 Å². The molecule has 0 aromatic heterocycles. The summed E-state index contributed by atoms with van der Waals surface area (Å²) >= 11 is 0. The van der Waals surface area contributed by atoms with Crippen molar-refractivity contribution in [2.24, 2.45) is 0 Å². The van der Waals surface area contributed by atoms with Crippen LogP contribution in [-0.4, -0.2) is 36.5 Å². The van der Waals surface area contributed by atoms with Gasteiger partial charge in [0.1, 0.15) is 12.4 Å². The second kappa shape index (κ2) is 10.2. The van der Waals surface area contributed by atoms with Gasteiger partial charge in [0.15, 0.2) is 0 Å². The van der Waals surface area contributed by atoms with Gasteiger partial charge in [0, 0.05) is 24.7 Å². The Hall–Kier alpha value is -2.04. The van der Waals surface area contributed by atoms with Crippen LogP contribution in [0.15, 0.2) is 54.6 Å². The van der Waals surface area contributed by atoms with Crippen LogP contribution in [0.2, 0.25) is 0 Å². The van der Waals surface area contributed by atoms with E-state index in [1.165, 1.54) is 0 Å². The van der Waals surface area contributed by atoms with Gasteiger partial charge in [-0.05, 0) is 49.2 Å². The van der Waals surface area contributed by atoms with Gasteiger partial charge in [0.05, 0.1) is 0 Å². The Morgan fingerprint density at radius 1 is 1.15 bits per heavy atom. The molecule has 1 heterocycles. The van der Waals surface area contributed by atoms with E-state index in [0.717, 1.165) is 49.4 Å². The van der Waals surface area contributed by atoms with Crippen molar-refractivity contribution in [3.8, 4) is 5.75 Å². The predicted octanol–water partition coefficient (Wildman–Crippen LogP) is 3.90. The lowest BCUT2D eigenvalue weighted by Crippen LogP contribution is -2.42. The van der Waals surface area contributed by atoms with Crippen molar-refractivity contribution < 1.29 is 9.53 Å². The van der Waals surface area contributed by atoms with E-state index in [4.69, 9.17) is 4.74 Å². The maximum absolute atomic E-state index is 12.9. The normalized spacial score (nSPS) is 16.0. The molecule has 1 aliphatic rings. The molecular weight excluding hydrogens is 348 g/mol. The van der Waals surface area contributed by atoms with Crippen LogP contribution < -0.4 is 10.1 Å². The van der Waals surface area contributed by atoms with Crippen molar-refractivity contribution in [2.75, 3.05) is 19.6 Å².